The van der Waals surface area contributed by atoms with Crippen molar-refractivity contribution in [2.45, 2.75) is 84.2 Å². The number of aryl methyl sites for hydroxylation is 1. The molecule has 1 N–H and O–H groups in total. The Morgan fingerprint density at radius 2 is 1.55 bits per heavy atom. The second-order valence-electron chi connectivity index (χ2n) is 13.8. The lowest BCUT2D eigenvalue weighted by atomic mass is 9.48. The van der Waals surface area contributed by atoms with Crippen LogP contribution in [-0.4, -0.2) is 50.5 Å². The Bertz CT molecular complexity index is 1370. The summed E-state index contributed by atoms with van der Waals surface area (Å²) in [6.07, 6.45) is 8.94. The monoisotopic (exact) mass is 593 g/mol. The fourth-order valence-electron chi connectivity index (χ4n) is 8.10. The highest BCUT2D eigenvalue weighted by molar-refractivity contribution is 7.92. The molecule has 8 heteroatoms. The van der Waals surface area contributed by atoms with Gasteiger partial charge in [0.2, 0.25) is 21.8 Å². The zero-order valence-corrected chi connectivity index (χ0v) is 26.6. The van der Waals surface area contributed by atoms with Crippen molar-refractivity contribution in [3.63, 3.8) is 0 Å². The third-order valence-corrected chi connectivity index (χ3v) is 10.9. The Balaban J connectivity index is 1.38. The van der Waals surface area contributed by atoms with Crippen LogP contribution in [0.5, 0.6) is 0 Å². The van der Waals surface area contributed by atoms with Gasteiger partial charge in [0.15, 0.2) is 0 Å². The van der Waals surface area contributed by atoms with Crippen molar-refractivity contribution < 1.29 is 18.0 Å². The van der Waals surface area contributed by atoms with E-state index in [1.165, 1.54) is 53.3 Å². The second-order valence-corrected chi connectivity index (χ2v) is 15.7. The van der Waals surface area contributed by atoms with E-state index in [0.29, 0.717) is 12.2 Å². The molecule has 2 aromatic carbocycles. The number of hydrogen-bond acceptors (Lipinski definition) is 4. The van der Waals surface area contributed by atoms with Crippen LogP contribution in [0.25, 0.3) is 0 Å². The van der Waals surface area contributed by atoms with Crippen molar-refractivity contribution in [3.8, 4) is 0 Å². The van der Waals surface area contributed by atoms with Gasteiger partial charge in [0, 0.05) is 13.1 Å². The summed E-state index contributed by atoms with van der Waals surface area (Å²) < 4.78 is 27.3. The van der Waals surface area contributed by atoms with Gasteiger partial charge < -0.3 is 10.2 Å². The van der Waals surface area contributed by atoms with Gasteiger partial charge in [-0.3, -0.25) is 13.9 Å². The highest BCUT2D eigenvalue weighted by atomic mass is 32.2. The van der Waals surface area contributed by atoms with E-state index in [1.807, 2.05) is 57.2 Å². The Labute approximate surface area is 252 Å². The van der Waals surface area contributed by atoms with Crippen molar-refractivity contribution in [1.82, 2.24) is 10.2 Å². The molecule has 0 saturated heterocycles. The van der Waals surface area contributed by atoms with E-state index in [1.54, 1.807) is 6.92 Å². The first-order chi connectivity index (χ1) is 19.8. The molecule has 6 rings (SSSR count). The van der Waals surface area contributed by atoms with Gasteiger partial charge in [0.05, 0.1) is 11.9 Å². The molecule has 4 aliphatic carbocycles. The minimum absolute atomic E-state index is 0.208. The molecule has 42 heavy (non-hydrogen) atoms. The van der Waals surface area contributed by atoms with Crippen LogP contribution >= 0.6 is 0 Å². The van der Waals surface area contributed by atoms with Crippen LogP contribution in [0, 0.1) is 30.6 Å². The lowest BCUT2D eigenvalue weighted by molar-refractivity contribution is -0.139. The highest BCUT2D eigenvalue weighted by Gasteiger charge is 2.51. The van der Waals surface area contributed by atoms with E-state index in [0.717, 1.165) is 35.1 Å². The van der Waals surface area contributed by atoms with E-state index in [4.69, 9.17) is 0 Å². The Kier molecular flexibility index (Phi) is 8.75. The minimum atomic E-state index is -3.77. The quantitative estimate of drug-likeness (QED) is 0.377. The van der Waals surface area contributed by atoms with Crippen molar-refractivity contribution in [1.29, 1.82) is 0 Å². The predicted octanol–water partition coefficient (Wildman–Crippen LogP) is 5.42. The zero-order chi connectivity index (χ0) is 30.2. The molecular weight excluding hydrogens is 546 g/mol. The second kappa shape index (κ2) is 12.0. The summed E-state index contributed by atoms with van der Waals surface area (Å²) in [7, 11) is -3.77. The lowest BCUT2D eigenvalue weighted by Gasteiger charge is -2.57. The Hall–Kier alpha value is -2.87. The molecule has 0 aliphatic heterocycles. The molecule has 0 heterocycles. The van der Waals surface area contributed by atoms with Gasteiger partial charge in [-0.25, -0.2) is 8.42 Å². The minimum Gasteiger partial charge on any atom is -0.354 e. The van der Waals surface area contributed by atoms with Gasteiger partial charge >= 0.3 is 0 Å². The Morgan fingerprint density at radius 3 is 2.07 bits per heavy atom. The lowest BCUT2D eigenvalue weighted by Crippen LogP contribution is -2.51. The van der Waals surface area contributed by atoms with Crippen molar-refractivity contribution in [2.75, 3.05) is 23.7 Å². The van der Waals surface area contributed by atoms with E-state index in [2.05, 4.69) is 17.4 Å². The fourth-order valence-corrected chi connectivity index (χ4v) is 8.95. The molecule has 228 valence electrons. The summed E-state index contributed by atoms with van der Waals surface area (Å²) in [6, 6.07) is 15.0. The molecule has 2 amide bonds. The van der Waals surface area contributed by atoms with Gasteiger partial charge in [0.1, 0.15) is 12.6 Å². The number of amides is 2. The molecule has 4 saturated carbocycles. The van der Waals surface area contributed by atoms with Crippen LogP contribution in [0.4, 0.5) is 5.69 Å². The molecule has 4 aliphatic rings. The number of nitrogens with one attached hydrogen (secondary N) is 1. The molecule has 4 fully saturated rings. The smallest absolute Gasteiger partial charge is 0.244 e. The number of carbonyl (C=O) groups excluding carboxylic acids is 2. The summed E-state index contributed by atoms with van der Waals surface area (Å²) in [6.45, 7) is 8.04. The molecule has 0 unspecified atom stereocenters. The zero-order valence-electron chi connectivity index (χ0n) is 25.8. The summed E-state index contributed by atoms with van der Waals surface area (Å²) >= 11 is 0. The normalized spacial score (nSPS) is 25.3. The number of anilines is 1. The van der Waals surface area contributed by atoms with Gasteiger partial charge in [-0.15, -0.1) is 0 Å². The van der Waals surface area contributed by atoms with Crippen molar-refractivity contribution in [3.05, 3.63) is 65.2 Å². The van der Waals surface area contributed by atoms with E-state index in [-0.39, 0.29) is 30.3 Å². The number of benzene rings is 2. The van der Waals surface area contributed by atoms with E-state index in [9.17, 15) is 18.0 Å². The first-order valence-corrected chi connectivity index (χ1v) is 17.4. The van der Waals surface area contributed by atoms with Crippen LogP contribution < -0.4 is 9.62 Å². The van der Waals surface area contributed by atoms with Gasteiger partial charge in [0.25, 0.3) is 0 Å². The van der Waals surface area contributed by atoms with Gasteiger partial charge in [-0.2, -0.15) is 0 Å². The third-order valence-electron chi connectivity index (χ3n) is 9.77. The van der Waals surface area contributed by atoms with Crippen LogP contribution in [0.2, 0.25) is 0 Å². The summed E-state index contributed by atoms with van der Waals surface area (Å²) in [4.78, 5) is 28.4. The number of carbonyl (C=O) groups is 2. The predicted molar refractivity (Wildman–Crippen MR) is 168 cm³/mol. The SMILES string of the molecule is Cc1cccc(CN(C(=O)CN(c2ccc(C34CC5CC(CC(C5)C3)C4)cc2)S(C)(=O)=O)[C@@H](C)C(=O)NCC(C)C)c1. The molecule has 1 atom stereocenters. The van der Waals surface area contributed by atoms with Crippen LogP contribution in [0.1, 0.15) is 76.0 Å². The van der Waals surface area contributed by atoms with Crippen molar-refractivity contribution >= 4 is 27.5 Å². The van der Waals surface area contributed by atoms with Crippen LogP contribution in [-0.2, 0) is 31.6 Å². The number of rotatable bonds is 11. The summed E-state index contributed by atoms with van der Waals surface area (Å²) in [5.74, 6) is 2.06. The number of sulfonamides is 1. The van der Waals surface area contributed by atoms with Crippen molar-refractivity contribution in [2.24, 2.45) is 23.7 Å². The molecule has 0 aromatic heterocycles. The standard InChI is InChI=1S/C34H47N3O4S/c1-23(2)20-35-33(39)25(4)36(21-26-8-6-7-24(3)13-26)32(38)22-37(42(5,40)41)31-11-9-30(10-12-31)34-17-27-14-28(18-34)16-29(15-27)19-34/h6-13,23,25,27-29H,14-22H2,1-5H3,(H,35,39)/t25-,27?,28?,29?,34?/m0/s1. The van der Waals surface area contributed by atoms with Gasteiger partial charge in [-0.05, 0) is 105 Å². The van der Waals surface area contributed by atoms with Gasteiger partial charge in [-0.1, -0.05) is 55.8 Å². The first-order valence-electron chi connectivity index (χ1n) is 15.5. The molecular formula is C34H47N3O4S. The summed E-state index contributed by atoms with van der Waals surface area (Å²) in [5, 5.41) is 2.93. The van der Waals surface area contributed by atoms with Crippen LogP contribution in [0.3, 0.4) is 0 Å². The van der Waals surface area contributed by atoms with Crippen LogP contribution in [0.15, 0.2) is 48.5 Å². The molecule has 2 aromatic rings. The Morgan fingerprint density at radius 1 is 0.952 bits per heavy atom. The fraction of sp³-hybridized carbons (Fsp3) is 0.588. The molecule has 0 radical (unpaired) electrons. The topological polar surface area (TPSA) is 86.8 Å². The average molecular weight is 594 g/mol. The maximum Gasteiger partial charge on any atom is 0.244 e. The first kappa shape index (κ1) is 30.6. The molecule has 7 nitrogen and oxygen atoms in total. The number of hydrogen-bond donors (Lipinski definition) is 1. The number of nitrogens with zero attached hydrogens (tertiary/aromatic N) is 2. The molecule has 4 bridgehead atoms. The van der Waals surface area contributed by atoms with E-state index < -0.39 is 22.0 Å². The maximum atomic E-state index is 13.9. The molecule has 0 spiro atoms. The average Bonchev–Trinajstić information content (AvgIpc) is 2.91. The summed E-state index contributed by atoms with van der Waals surface area (Å²) in [5.41, 5.74) is 3.93. The largest absolute Gasteiger partial charge is 0.354 e. The highest BCUT2D eigenvalue weighted by Crippen LogP contribution is 2.60. The maximum absolute atomic E-state index is 13.9. The van der Waals surface area contributed by atoms with E-state index >= 15 is 0 Å². The third kappa shape index (κ3) is 6.69.